The lowest BCUT2D eigenvalue weighted by Gasteiger charge is -2.04. The number of Topliss-reactive ketones (excluding diaryl/α,β-unsaturated/α-hetero) is 1. The van der Waals surface area contributed by atoms with Gasteiger partial charge in [-0.3, -0.25) is 4.79 Å². The molecule has 1 aromatic carbocycles. The maximum atomic E-state index is 11.3. The molecule has 2 nitrogen and oxygen atoms in total. The van der Waals surface area contributed by atoms with Crippen LogP contribution in [-0.4, -0.2) is 5.78 Å². The van der Waals surface area contributed by atoms with Crippen molar-refractivity contribution in [3.63, 3.8) is 0 Å². The van der Waals surface area contributed by atoms with Crippen LogP contribution in [0.1, 0.15) is 39.9 Å². The second kappa shape index (κ2) is 4.65. The SMILES string of the molecule is C=C(c1ccc(C)cc1)c1oc(C(C)=O)cc1C. The van der Waals surface area contributed by atoms with E-state index in [0.29, 0.717) is 11.5 Å². The molecule has 0 amide bonds. The Bertz CT molecular complexity index is 601. The van der Waals surface area contributed by atoms with Crippen LogP contribution in [0.15, 0.2) is 41.3 Å². The number of rotatable bonds is 3. The van der Waals surface area contributed by atoms with Gasteiger partial charge in [0.05, 0.1) is 0 Å². The van der Waals surface area contributed by atoms with Crippen LogP contribution in [0.4, 0.5) is 0 Å². The predicted molar refractivity (Wildman–Crippen MR) is 72.8 cm³/mol. The Morgan fingerprint density at radius 1 is 1.17 bits per heavy atom. The Kier molecular flexibility index (Phi) is 3.19. The lowest BCUT2D eigenvalue weighted by Crippen LogP contribution is -1.88. The molecule has 2 heteroatoms. The van der Waals surface area contributed by atoms with Crippen molar-refractivity contribution in [2.45, 2.75) is 20.8 Å². The highest BCUT2D eigenvalue weighted by molar-refractivity contribution is 5.92. The molecule has 0 atom stereocenters. The minimum atomic E-state index is -0.0685. The van der Waals surface area contributed by atoms with Crippen LogP contribution < -0.4 is 0 Å². The summed E-state index contributed by atoms with van der Waals surface area (Å²) in [4.78, 5) is 11.3. The van der Waals surface area contributed by atoms with Crippen LogP contribution in [0.3, 0.4) is 0 Å². The minimum Gasteiger partial charge on any atom is -0.453 e. The number of benzene rings is 1. The van der Waals surface area contributed by atoms with Gasteiger partial charge in [-0.25, -0.2) is 0 Å². The van der Waals surface area contributed by atoms with E-state index in [0.717, 1.165) is 16.7 Å². The fourth-order valence-electron chi connectivity index (χ4n) is 1.84. The van der Waals surface area contributed by atoms with Crippen LogP contribution in [-0.2, 0) is 0 Å². The quantitative estimate of drug-likeness (QED) is 0.754. The third kappa shape index (κ3) is 2.28. The van der Waals surface area contributed by atoms with Gasteiger partial charge in [-0.15, -0.1) is 0 Å². The fourth-order valence-corrected chi connectivity index (χ4v) is 1.84. The molecule has 0 aliphatic rings. The molecule has 0 N–H and O–H groups in total. The van der Waals surface area contributed by atoms with Gasteiger partial charge in [0.1, 0.15) is 5.76 Å². The molecule has 18 heavy (non-hydrogen) atoms. The number of aryl methyl sites for hydroxylation is 2. The molecule has 1 aromatic heterocycles. The molecule has 0 saturated carbocycles. The van der Waals surface area contributed by atoms with E-state index < -0.39 is 0 Å². The first-order valence-corrected chi connectivity index (χ1v) is 5.86. The van der Waals surface area contributed by atoms with Gasteiger partial charge in [-0.05, 0) is 31.0 Å². The standard InChI is InChI=1S/C16H16O2/c1-10-5-7-14(8-6-10)12(3)16-11(2)9-15(18-16)13(4)17/h5-9H,3H2,1-2,4H3. The molecule has 0 fully saturated rings. The summed E-state index contributed by atoms with van der Waals surface area (Å²) in [5, 5.41) is 0. The number of hydrogen-bond donors (Lipinski definition) is 0. The van der Waals surface area contributed by atoms with E-state index >= 15 is 0 Å². The molecular formula is C16H16O2. The molecule has 2 rings (SSSR count). The van der Waals surface area contributed by atoms with Gasteiger partial charge in [0, 0.05) is 12.5 Å². The van der Waals surface area contributed by atoms with Crippen molar-refractivity contribution in [1.82, 2.24) is 0 Å². The number of carbonyl (C=O) groups excluding carboxylic acids is 1. The Morgan fingerprint density at radius 2 is 1.78 bits per heavy atom. The van der Waals surface area contributed by atoms with Crippen molar-refractivity contribution in [2.24, 2.45) is 0 Å². The predicted octanol–water partition coefficient (Wildman–Crippen LogP) is 4.16. The van der Waals surface area contributed by atoms with E-state index in [1.54, 1.807) is 6.07 Å². The highest BCUT2D eigenvalue weighted by Gasteiger charge is 2.14. The monoisotopic (exact) mass is 240 g/mol. The van der Waals surface area contributed by atoms with Gasteiger partial charge in [0.15, 0.2) is 11.5 Å². The van der Waals surface area contributed by atoms with E-state index in [1.807, 2.05) is 38.1 Å². The third-order valence-corrected chi connectivity index (χ3v) is 2.94. The molecule has 0 radical (unpaired) electrons. The molecule has 0 saturated heterocycles. The molecule has 0 bridgehead atoms. The molecule has 0 unspecified atom stereocenters. The number of ketones is 1. The first kappa shape index (κ1) is 12.4. The molecule has 2 aromatic rings. The average molecular weight is 240 g/mol. The molecule has 0 spiro atoms. The second-order valence-corrected chi connectivity index (χ2v) is 4.52. The zero-order valence-electron chi connectivity index (χ0n) is 10.9. The van der Waals surface area contributed by atoms with E-state index in [1.165, 1.54) is 12.5 Å². The first-order valence-electron chi connectivity index (χ1n) is 5.86. The number of furan rings is 1. The summed E-state index contributed by atoms with van der Waals surface area (Å²) in [5.74, 6) is 1.00. The lowest BCUT2D eigenvalue weighted by atomic mass is 10.0. The summed E-state index contributed by atoms with van der Waals surface area (Å²) in [5.41, 5.74) is 3.95. The molecule has 0 aliphatic heterocycles. The zero-order valence-corrected chi connectivity index (χ0v) is 10.9. The summed E-state index contributed by atoms with van der Waals surface area (Å²) in [6.45, 7) is 9.51. The van der Waals surface area contributed by atoms with Crippen LogP contribution in [0.2, 0.25) is 0 Å². The fraction of sp³-hybridized carbons (Fsp3) is 0.188. The first-order chi connectivity index (χ1) is 8.49. The van der Waals surface area contributed by atoms with Gasteiger partial charge < -0.3 is 4.42 Å². The Balaban J connectivity index is 2.39. The normalized spacial score (nSPS) is 10.4. The van der Waals surface area contributed by atoms with Gasteiger partial charge in [-0.1, -0.05) is 36.4 Å². The molecule has 1 heterocycles. The van der Waals surface area contributed by atoms with Crippen molar-refractivity contribution in [3.8, 4) is 0 Å². The van der Waals surface area contributed by atoms with Crippen LogP contribution in [0.5, 0.6) is 0 Å². The highest BCUT2D eigenvalue weighted by atomic mass is 16.3. The van der Waals surface area contributed by atoms with Crippen LogP contribution in [0.25, 0.3) is 5.57 Å². The van der Waals surface area contributed by atoms with Crippen molar-refractivity contribution >= 4 is 11.4 Å². The summed E-state index contributed by atoms with van der Waals surface area (Å²) < 4.78 is 5.57. The maximum Gasteiger partial charge on any atom is 0.194 e. The Hall–Kier alpha value is -2.09. The van der Waals surface area contributed by atoms with Gasteiger partial charge in [0.2, 0.25) is 0 Å². The summed E-state index contributed by atoms with van der Waals surface area (Å²) in [6.07, 6.45) is 0. The minimum absolute atomic E-state index is 0.0685. The Morgan fingerprint density at radius 3 is 2.28 bits per heavy atom. The van der Waals surface area contributed by atoms with Gasteiger partial charge in [-0.2, -0.15) is 0 Å². The van der Waals surface area contributed by atoms with E-state index in [2.05, 4.69) is 6.58 Å². The van der Waals surface area contributed by atoms with Crippen molar-refractivity contribution in [1.29, 1.82) is 0 Å². The summed E-state index contributed by atoms with van der Waals surface area (Å²) >= 11 is 0. The number of hydrogen-bond acceptors (Lipinski definition) is 2. The zero-order chi connectivity index (χ0) is 13.3. The largest absolute Gasteiger partial charge is 0.453 e. The number of carbonyl (C=O) groups is 1. The topological polar surface area (TPSA) is 30.2 Å². The maximum absolute atomic E-state index is 11.3. The van der Waals surface area contributed by atoms with E-state index in [-0.39, 0.29) is 5.78 Å². The molecule has 0 aliphatic carbocycles. The summed E-state index contributed by atoms with van der Waals surface area (Å²) in [7, 11) is 0. The smallest absolute Gasteiger partial charge is 0.194 e. The second-order valence-electron chi connectivity index (χ2n) is 4.52. The van der Waals surface area contributed by atoms with Crippen molar-refractivity contribution in [3.05, 3.63) is 65.1 Å². The van der Waals surface area contributed by atoms with E-state index in [4.69, 9.17) is 4.42 Å². The van der Waals surface area contributed by atoms with Crippen molar-refractivity contribution in [2.75, 3.05) is 0 Å². The lowest BCUT2D eigenvalue weighted by molar-refractivity contribution is 0.0987. The molecule has 92 valence electrons. The van der Waals surface area contributed by atoms with Gasteiger partial charge in [0.25, 0.3) is 0 Å². The molecular weight excluding hydrogens is 224 g/mol. The Labute approximate surface area is 107 Å². The summed E-state index contributed by atoms with van der Waals surface area (Å²) in [6, 6.07) is 9.84. The average Bonchev–Trinajstić information content (AvgIpc) is 2.71. The third-order valence-electron chi connectivity index (χ3n) is 2.94. The van der Waals surface area contributed by atoms with Crippen LogP contribution in [0, 0.1) is 13.8 Å². The van der Waals surface area contributed by atoms with Crippen LogP contribution >= 0.6 is 0 Å². The van der Waals surface area contributed by atoms with Crippen molar-refractivity contribution < 1.29 is 9.21 Å². The highest BCUT2D eigenvalue weighted by Crippen LogP contribution is 2.27. The van der Waals surface area contributed by atoms with Gasteiger partial charge >= 0.3 is 0 Å². The van der Waals surface area contributed by atoms with E-state index in [9.17, 15) is 4.79 Å².